The monoisotopic (exact) mass is 226 g/mol. The lowest BCUT2D eigenvalue weighted by atomic mass is 10.0. The molecular weight excluding hydrogens is 204 g/mol. The predicted molar refractivity (Wildman–Crippen MR) is 64.0 cm³/mol. The second-order valence-corrected chi connectivity index (χ2v) is 4.54. The second kappa shape index (κ2) is 5.34. The molecule has 0 aromatic carbocycles. The molecule has 0 bridgehead atoms. The number of methoxy groups -OCH3 is 1. The third-order valence-electron chi connectivity index (χ3n) is 2.58. The Morgan fingerprint density at radius 3 is 2.31 bits per heavy atom. The Morgan fingerprint density at radius 1 is 1.31 bits per heavy atom. The SMILES string of the molecule is COc1c(CCO)c(C(C)C)nn1C(C)C. The number of aliphatic hydroxyl groups is 1. The van der Waals surface area contributed by atoms with E-state index in [1.54, 1.807) is 7.11 Å². The summed E-state index contributed by atoms with van der Waals surface area (Å²) in [6, 6.07) is 0.264. The van der Waals surface area contributed by atoms with Gasteiger partial charge in [-0.3, -0.25) is 0 Å². The highest BCUT2D eigenvalue weighted by atomic mass is 16.5. The molecule has 1 rings (SSSR count). The van der Waals surface area contributed by atoms with E-state index in [4.69, 9.17) is 9.84 Å². The van der Waals surface area contributed by atoms with Crippen molar-refractivity contribution in [1.29, 1.82) is 0 Å². The first-order valence-corrected chi connectivity index (χ1v) is 5.79. The maximum absolute atomic E-state index is 9.10. The molecule has 1 aromatic heterocycles. The Morgan fingerprint density at radius 2 is 1.94 bits per heavy atom. The highest BCUT2D eigenvalue weighted by Crippen LogP contribution is 2.30. The molecule has 0 aliphatic heterocycles. The lowest BCUT2D eigenvalue weighted by Crippen LogP contribution is -2.06. The van der Waals surface area contributed by atoms with Gasteiger partial charge in [0.2, 0.25) is 5.88 Å². The minimum absolute atomic E-state index is 0.125. The molecule has 0 radical (unpaired) electrons. The van der Waals surface area contributed by atoms with Crippen molar-refractivity contribution in [3.05, 3.63) is 11.3 Å². The van der Waals surface area contributed by atoms with E-state index in [2.05, 4.69) is 32.8 Å². The van der Waals surface area contributed by atoms with Crippen LogP contribution in [0.25, 0.3) is 0 Å². The highest BCUT2D eigenvalue weighted by molar-refractivity contribution is 5.34. The molecule has 0 aliphatic rings. The van der Waals surface area contributed by atoms with Crippen molar-refractivity contribution >= 4 is 0 Å². The van der Waals surface area contributed by atoms with Crippen LogP contribution in [0.15, 0.2) is 0 Å². The average molecular weight is 226 g/mol. The first-order chi connectivity index (χ1) is 7.52. The van der Waals surface area contributed by atoms with E-state index in [0.29, 0.717) is 12.3 Å². The number of nitrogens with zero attached hydrogens (tertiary/aromatic N) is 2. The minimum Gasteiger partial charge on any atom is -0.481 e. The molecule has 0 atom stereocenters. The summed E-state index contributed by atoms with van der Waals surface area (Å²) >= 11 is 0. The quantitative estimate of drug-likeness (QED) is 0.836. The maximum Gasteiger partial charge on any atom is 0.215 e. The largest absolute Gasteiger partial charge is 0.481 e. The van der Waals surface area contributed by atoms with Crippen LogP contribution >= 0.6 is 0 Å². The van der Waals surface area contributed by atoms with Gasteiger partial charge in [-0.1, -0.05) is 13.8 Å². The van der Waals surface area contributed by atoms with E-state index in [0.717, 1.165) is 17.1 Å². The first-order valence-electron chi connectivity index (χ1n) is 5.79. The van der Waals surface area contributed by atoms with Crippen molar-refractivity contribution in [3.63, 3.8) is 0 Å². The molecule has 4 heteroatoms. The number of aromatic nitrogens is 2. The molecular formula is C12H22N2O2. The molecule has 1 heterocycles. The van der Waals surface area contributed by atoms with Gasteiger partial charge in [0.1, 0.15) is 0 Å². The van der Waals surface area contributed by atoms with Gasteiger partial charge < -0.3 is 9.84 Å². The summed E-state index contributed by atoms with van der Waals surface area (Å²) in [5.74, 6) is 1.13. The first kappa shape index (κ1) is 13.0. The van der Waals surface area contributed by atoms with Crippen LogP contribution in [-0.2, 0) is 6.42 Å². The lowest BCUT2D eigenvalue weighted by Gasteiger charge is -2.10. The van der Waals surface area contributed by atoms with E-state index < -0.39 is 0 Å². The molecule has 0 amide bonds. The van der Waals surface area contributed by atoms with Gasteiger partial charge in [-0.2, -0.15) is 5.10 Å². The van der Waals surface area contributed by atoms with Crippen molar-refractivity contribution in [2.24, 2.45) is 0 Å². The summed E-state index contributed by atoms with van der Waals surface area (Å²) in [6.07, 6.45) is 0.601. The summed E-state index contributed by atoms with van der Waals surface area (Å²) in [7, 11) is 1.65. The Hall–Kier alpha value is -1.03. The maximum atomic E-state index is 9.10. The van der Waals surface area contributed by atoms with Crippen molar-refractivity contribution in [2.45, 2.75) is 46.1 Å². The summed E-state index contributed by atoms with van der Waals surface area (Å²) in [6.45, 7) is 8.48. The smallest absolute Gasteiger partial charge is 0.215 e. The molecule has 0 spiro atoms. The molecule has 16 heavy (non-hydrogen) atoms. The second-order valence-electron chi connectivity index (χ2n) is 4.54. The molecule has 0 fully saturated rings. The fourth-order valence-electron chi connectivity index (χ4n) is 1.85. The van der Waals surface area contributed by atoms with Gasteiger partial charge in [0.15, 0.2) is 0 Å². The van der Waals surface area contributed by atoms with Crippen LogP contribution in [0, 0.1) is 0 Å². The number of hydrogen-bond acceptors (Lipinski definition) is 3. The van der Waals surface area contributed by atoms with Crippen LogP contribution in [0.5, 0.6) is 5.88 Å². The summed E-state index contributed by atoms with van der Waals surface area (Å²) < 4.78 is 7.30. The van der Waals surface area contributed by atoms with Gasteiger partial charge in [0.25, 0.3) is 0 Å². The van der Waals surface area contributed by atoms with Gasteiger partial charge >= 0.3 is 0 Å². The minimum atomic E-state index is 0.125. The Bertz CT molecular complexity index is 343. The Balaban J connectivity index is 3.27. The number of rotatable bonds is 5. The van der Waals surface area contributed by atoms with Crippen LogP contribution in [0.4, 0.5) is 0 Å². The van der Waals surface area contributed by atoms with E-state index in [1.807, 2.05) is 4.68 Å². The number of aliphatic hydroxyl groups excluding tert-OH is 1. The van der Waals surface area contributed by atoms with Crippen LogP contribution in [0.1, 0.15) is 50.9 Å². The van der Waals surface area contributed by atoms with Crippen LogP contribution in [-0.4, -0.2) is 28.6 Å². The molecule has 0 unspecified atom stereocenters. The van der Waals surface area contributed by atoms with Crippen LogP contribution < -0.4 is 4.74 Å². The fourth-order valence-corrected chi connectivity index (χ4v) is 1.85. The fraction of sp³-hybridized carbons (Fsp3) is 0.750. The van der Waals surface area contributed by atoms with Crippen molar-refractivity contribution < 1.29 is 9.84 Å². The number of hydrogen-bond donors (Lipinski definition) is 1. The van der Waals surface area contributed by atoms with E-state index >= 15 is 0 Å². The van der Waals surface area contributed by atoms with E-state index in [1.165, 1.54) is 0 Å². The van der Waals surface area contributed by atoms with Gasteiger partial charge in [-0.25, -0.2) is 4.68 Å². The molecule has 0 saturated carbocycles. The zero-order valence-corrected chi connectivity index (χ0v) is 10.8. The molecule has 92 valence electrons. The average Bonchev–Trinajstić information content (AvgIpc) is 2.57. The Labute approximate surface area is 97.2 Å². The summed E-state index contributed by atoms with van der Waals surface area (Å²) in [4.78, 5) is 0. The molecule has 1 N–H and O–H groups in total. The van der Waals surface area contributed by atoms with Crippen LogP contribution in [0.2, 0.25) is 0 Å². The summed E-state index contributed by atoms with van der Waals surface area (Å²) in [5.41, 5.74) is 2.06. The zero-order chi connectivity index (χ0) is 12.3. The van der Waals surface area contributed by atoms with Crippen LogP contribution in [0.3, 0.4) is 0 Å². The lowest BCUT2D eigenvalue weighted by molar-refractivity contribution is 0.293. The van der Waals surface area contributed by atoms with E-state index in [9.17, 15) is 0 Å². The molecule has 0 aliphatic carbocycles. The van der Waals surface area contributed by atoms with Gasteiger partial charge in [-0.05, 0) is 19.8 Å². The molecule has 4 nitrogen and oxygen atoms in total. The molecule has 0 saturated heterocycles. The predicted octanol–water partition coefficient (Wildman–Crippen LogP) is 2.13. The number of ether oxygens (including phenoxy) is 1. The highest BCUT2D eigenvalue weighted by Gasteiger charge is 2.21. The normalized spacial score (nSPS) is 11.5. The summed E-state index contributed by atoms with van der Waals surface area (Å²) in [5, 5.41) is 13.7. The van der Waals surface area contributed by atoms with Gasteiger partial charge in [-0.15, -0.1) is 0 Å². The zero-order valence-electron chi connectivity index (χ0n) is 10.8. The van der Waals surface area contributed by atoms with Crippen molar-refractivity contribution in [2.75, 3.05) is 13.7 Å². The third kappa shape index (κ3) is 2.38. The van der Waals surface area contributed by atoms with Crippen molar-refractivity contribution in [3.8, 4) is 5.88 Å². The van der Waals surface area contributed by atoms with E-state index in [-0.39, 0.29) is 12.6 Å². The van der Waals surface area contributed by atoms with Gasteiger partial charge in [0.05, 0.1) is 18.8 Å². The third-order valence-corrected chi connectivity index (χ3v) is 2.58. The standard InChI is InChI=1S/C12H22N2O2/c1-8(2)11-10(6-7-15)12(16-5)14(13-11)9(3)4/h8-9,15H,6-7H2,1-5H3. The van der Waals surface area contributed by atoms with Crippen molar-refractivity contribution in [1.82, 2.24) is 9.78 Å². The van der Waals surface area contributed by atoms with Gasteiger partial charge in [0, 0.05) is 18.6 Å². The Kier molecular flexibility index (Phi) is 4.35. The topological polar surface area (TPSA) is 47.3 Å². The molecule has 1 aromatic rings.